The van der Waals surface area contributed by atoms with Crippen molar-refractivity contribution in [2.45, 2.75) is 19.4 Å². The predicted molar refractivity (Wildman–Crippen MR) is 57.7 cm³/mol. The number of rotatable bonds is 1. The Kier molecular flexibility index (Phi) is 2.41. The van der Waals surface area contributed by atoms with E-state index in [2.05, 4.69) is 5.32 Å². The van der Waals surface area contributed by atoms with Crippen LogP contribution < -0.4 is 10.2 Å². The third-order valence-electron chi connectivity index (χ3n) is 2.53. The zero-order valence-corrected chi connectivity index (χ0v) is 8.43. The molecule has 2 rings (SSSR count). The molecule has 4 nitrogen and oxygen atoms in total. The highest BCUT2D eigenvalue weighted by Crippen LogP contribution is 2.29. The first-order valence-electron chi connectivity index (χ1n) is 4.85. The molecule has 78 valence electrons. The second-order valence-corrected chi connectivity index (χ2v) is 3.63. The van der Waals surface area contributed by atoms with Gasteiger partial charge in [0.1, 0.15) is 0 Å². The molecule has 1 unspecified atom stereocenters. The van der Waals surface area contributed by atoms with E-state index in [9.17, 15) is 9.59 Å². The Balaban J connectivity index is 2.50. The summed E-state index contributed by atoms with van der Waals surface area (Å²) in [5.74, 6) is -0.0562. The molecular formula is C11H12N2O2. The number of carbonyl (C=O) groups is 2. The van der Waals surface area contributed by atoms with Crippen LogP contribution in [0.2, 0.25) is 0 Å². The highest BCUT2D eigenvalue weighted by atomic mass is 16.2. The minimum atomic E-state index is -0.105. The zero-order chi connectivity index (χ0) is 10.8. The van der Waals surface area contributed by atoms with E-state index < -0.39 is 0 Å². The average Bonchev–Trinajstić information content (AvgIpc) is 2.32. The lowest BCUT2D eigenvalue weighted by Crippen LogP contribution is -2.32. The number of nitrogens with one attached hydrogen (secondary N) is 1. The second kappa shape index (κ2) is 3.73. The normalized spacial score (nSPS) is 20.2. The van der Waals surface area contributed by atoms with Crippen LogP contribution in [0.5, 0.6) is 0 Å². The molecule has 0 fully saturated rings. The Hall–Kier alpha value is -1.84. The minimum absolute atomic E-state index is 0.0562. The number of para-hydroxylation sites is 2. The van der Waals surface area contributed by atoms with Crippen LogP contribution >= 0.6 is 0 Å². The predicted octanol–water partition coefficient (Wildman–Crippen LogP) is 1.38. The van der Waals surface area contributed by atoms with E-state index in [1.165, 1.54) is 0 Å². The van der Waals surface area contributed by atoms with Crippen LogP contribution in [0.3, 0.4) is 0 Å². The lowest BCUT2D eigenvalue weighted by Gasteiger charge is -2.22. The van der Waals surface area contributed by atoms with Crippen molar-refractivity contribution in [2.75, 3.05) is 10.2 Å². The molecule has 1 heterocycles. The maximum Gasteiger partial charge on any atom is 0.226 e. The fourth-order valence-electron chi connectivity index (χ4n) is 1.77. The van der Waals surface area contributed by atoms with Crippen LogP contribution in [-0.2, 0) is 9.59 Å². The molecule has 15 heavy (non-hydrogen) atoms. The Morgan fingerprint density at radius 3 is 2.93 bits per heavy atom. The van der Waals surface area contributed by atoms with Gasteiger partial charge in [-0.2, -0.15) is 0 Å². The van der Waals surface area contributed by atoms with Gasteiger partial charge in [0.2, 0.25) is 12.3 Å². The fourth-order valence-corrected chi connectivity index (χ4v) is 1.77. The Bertz CT molecular complexity index is 403. The van der Waals surface area contributed by atoms with Crippen LogP contribution in [0.25, 0.3) is 0 Å². The molecule has 0 saturated carbocycles. The average molecular weight is 204 g/mol. The van der Waals surface area contributed by atoms with Gasteiger partial charge in [0.15, 0.2) is 0 Å². The van der Waals surface area contributed by atoms with Crippen molar-refractivity contribution in [3.8, 4) is 0 Å². The van der Waals surface area contributed by atoms with E-state index in [-0.39, 0.29) is 11.9 Å². The Morgan fingerprint density at radius 2 is 2.20 bits per heavy atom. The Morgan fingerprint density at radius 1 is 1.47 bits per heavy atom. The molecule has 4 heteroatoms. The number of hydrogen-bond acceptors (Lipinski definition) is 2. The van der Waals surface area contributed by atoms with Gasteiger partial charge in [0.25, 0.3) is 0 Å². The van der Waals surface area contributed by atoms with Crippen molar-refractivity contribution in [3.63, 3.8) is 0 Å². The maximum absolute atomic E-state index is 11.5. The van der Waals surface area contributed by atoms with Crippen molar-refractivity contribution in [3.05, 3.63) is 24.3 Å². The number of amides is 2. The lowest BCUT2D eigenvalue weighted by atomic mass is 10.2. The third kappa shape index (κ3) is 1.70. The topological polar surface area (TPSA) is 49.4 Å². The summed E-state index contributed by atoms with van der Waals surface area (Å²) < 4.78 is 0. The van der Waals surface area contributed by atoms with E-state index in [0.29, 0.717) is 12.1 Å². The Labute approximate surface area is 87.9 Å². The summed E-state index contributed by atoms with van der Waals surface area (Å²) in [6.45, 7) is 1.86. The molecule has 0 radical (unpaired) electrons. The molecule has 1 atom stereocenters. The van der Waals surface area contributed by atoms with Crippen LogP contribution in [0.1, 0.15) is 13.3 Å². The van der Waals surface area contributed by atoms with Gasteiger partial charge >= 0.3 is 0 Å². The summed E-state index contributed by atoms with van der Waals surface area (Å²) in [6, 6.07) is 7.19. The molecule has 0 spiro atoms. The van der Waals surface area contributed by atoms with Crippen molar-refractivity contribution < 1.29 is 9.59 Å². The molecule has 0 bridgehead atoms. The number of benzene rings is 1. The maximum atomic E-state index is 11.5. The highest BCUT2D eigenvalue weighted by molar-refractivity contribution is 5.99. The summed E-state index contributed by atoms with van der Waals surface area (Å²) >= 11 is 0. The molecule has 0 saturated heterocycles. The van der Waals surface area contributed by atoms with Gasteiger partial charge in [-0.05, 0) is 19.1 Å². The first-order chi connectivity index (χ1) is 7.22. The van der Waals surface area contributed by atoms with Gasteiger partial charge in [-0.15, -0.1) is 0 Å². The standard InChI is InChI=1S/C11H12N2O2/c1-8-6-11(15)12-9-4-2-3-5-10(9)13(8)7-14/h2-5,7-8H,6H2,1H3,(H,12,15). The van der Waals surface area contributed by atoms with Crippen molar-refractivity contribution in [2.24, 2.45) is 0 Å². The molecule has 1 aliphatic rings. The van der Waals surface area contributed by atoms with E-state index in [1.807, 2.05) is 25.1 Å². The van der Waals surface area contributed by atoms with Crippen molar-refractivity contribution in [1.82, 2.24) is 0 Å². The SMILES string of the molecule is CC1CC(=O)Nc2ccccc2N1C=O. The molecule has 2 amide bonds. The number of fused-ring (bicyclic) bond motifs is 1. The summed E-state index contributed by atoms with van der Waals surface area (Å²) in [5.41, 5.74) is 1.45. The first kappa shape index (κ1) is 9.71. The summed E-state index contributed by atoms with van der Waals surface area (Å²) in [6.07, 6.45) is 1.09. The van der Waals surface area contributed by atoms with Gasteiger partial charge in [-0.1, -0.05) is 12.1 Å². The van der Waals surface area contributed by atoms with Crippen LogP contribution in [0.4, 0.5) is 11.4 Å². The second-order valence-electron chi connectivity index (χ2n) is 3.63. The number of carbonyl (C=O) groups excluding carboxylic acids is 2. The highest BCUT2D eigenvalue weighted by Gasteiger charge is 2.23. The molecule has 1 aromatic carbocycles. The molecule has 0 aromatic heterocycles. The lowest BCUT2D eigenvalue weighted by molar-refractivity contribution is -0.116. The molecular weight excluding hydrogens is 192 g/mol. The summed E-state index contributed by atoms with van der Waals surface area (Å²) in [4.78, 5) is 24.0. The number of nitrogens with zero attached hydrogens (tertiary/aromatic N) is 1. The molecule has 1 N–H and O–H groups in total. The van der Waals surface area contributed by atoms with Crippen LogP contribution in [0.15, 0.2) is 24.3 Å². The quantitative estimate of drug-likeness (QED) is 0.702. The third-order valence-corrected chi connectivity index (χ3v) is 2.53. The van der Waals surface area contributed by atoms with Crippen molar-refractivity contribution in [1.29, 1.82) is 0 Å². The van der Waals surface area contributed by atoms with E-state index >= 15 is 0 Å². The molecule has 1 aromatic rings. The van der Waals surface area contributed by atoms with Gasteiger partial charge in [-0.3, -0.25) is 9.59 Å². The molecule has 1 aliphatic heterocycles. The van der Waals surface area contributed by atoms with Gasteiger partial charge in [0.05, 0.1) is 11.4 Å². The fraction of sp³-hybridized carbons (Fsp3) is 0.273. The summed E-state index contributed by atoms with van der Waals surface area (Å²) in [5, 5.41) is 2.78. The smallest absolute Gasteiger partial charge is 0.226 e. The van der Waals surface area contributed by atoms with Gasteiger partial charge < -0.3 is 10.2 Å². The van der Waals surface area contributed by atoms with Crippen molar-refractivity contribution >= 4 is 23.7 Å². The number of anilines is 2. The van der Waals surface area contributed by atoms with Crippen LogP contribution in [0, 0.1) is 0 Å². The summed E-state index contributed by atoms with van der Waals surface area (Å²) in [7, 11) is 0. The van der Waals surface area contributed by atoms with E-state index in [0.717, 1.165) is 12.1 Å². The van der Waals surface area contributed by atoms with E-state index in [1.54, 1.807) is 11.0 Å². The van der Waals surface area contributed by atoms with Crippen LogP contribution in [-0.4, -0.2) is 18.4 Å². The first-order valence-corrected chi connectivity index (χ1v) is 4.85. The van der Waals surface area contributed by atoms with Gasteiger partial charge in [-0.25, -0.2) is 0 Å². The largest absolute Gasteiger partial charge is 0.324 e. The zero-order valence-electron chi connectivity index (χ0n) is 8.43. The van der Waals surface area contributed by atoms with Gasteiger partial charge in [0, 0.05) is 12.5 Å². The van der Waals surface area contributed by atoms with E-state index in [4.69, 9.17) is 0 Å². The number of hydrogen-bond donors (Lipinski definition) is 1. The molecule has 0 aliphatic carbocycles. The minimum Gasteiger partial charge on any atom is -0.324 e. The monoisotopic (exact) mass is 204 g/mol.